The number of aliphatic hydroxyl groups excluding tert-OH is 1. The van der Waals surface area contributed by atoms with Crippen molar-refractivity contribution in [2.24, 2.45) is 11.8 Å². The number of rotatable bonds is 4. The van der Waals surface area contributed by atoms with Gasteiger partial charge in [-0.2, -0.15) is 0 Å². The van der Waals surface area contributed by atoms with E-state index in [-0.39, 0.29) is 16.5 Å². The van der Waals surface area contributed by atoms with Crippen molar-refractivity contribution in [2.45, 2.75) is 38.7 Å². The van der Waals surface area contributed by atoms with Gasteiger partial charge in [0.1, 0.15) is 0 Å². The lowest BCUT2D eigenvalue weighted by Crippen LogP contribution is -2.25. The predicted molar refractivity (Wildman–Crippen MR) is 69.3 cm³/mol. The van der Waals surface area contributed by atoms with Crippen LogP contribution in [0.2, 0.25) is 0 Å². The molecule has 0 heterocycles. The van der Waals surface area contributed by atoms with E-state index in [1.54, 1.807) is 18.2 Å². The SMILES string of the molecule is CC1CCCC1C(O)Cc1ccccc1[N+](=O)[O-]. The molecule has 1 aromatic rings. The van der Waals surface area contributed by atoms with E-state index >= 15 is 0 Å². The van der Waals surface area contributed by atoms with Crippen molar-refractivity contribution in [3.8, 4) is 0 Å². The van der Waals surface area contributed by atoms with E-state index in [2.05, 4.69) is 6.92 Å². The summed E-state index contributed by atoms with van der Waals surface area (Å²) in [6.07, 6.45) is 3.25. The molecule has 3 atom stereocenters. The number of para-hydroxylation sites is 1. The topological polar surface area (TPSA) is 63.4 Å². The number of nitrogens with zero attached hydrogens (tertiary/aromatic N) is 1. The van der Waals surface area contributed by atoms with E-state index in [1.807, 2.05) is 0 Å². The van der Waals surface area contributed by atoms with Crippen LogP contribution in [-0.2, 0) is 6.42 Å². The maximum atomic E-state index is 10.9. The fourth-order valence-electron chi connectivity index (χ4n) is 2.98. The second-order valence-corrected chi connectivity index (χ2v) is 5.23. The predicted octanol–water partition coefficient (Wildman–Crippen LogP) is 2.93. The highest BCUT2D eigenvalue weighted by atomic mass is 16.6. The van der Waals surface area contributed by atoms with E-state index in [0.717, 1.165) is 19.3 Å². The number of aliphatic hydroxyl groups is 1. The van der Waals surface area contributed by atoms with Gasteiger partial charge in [0.2, 0.25) is 0 Å². The van der Waals surface area contributed by atoms with E-state index in [1.165, 1.54) is 6.07 Å². The van der Waals surface area contributed by atoms with Gasteiger partial charge in [0.05, 0.1) is 11.0 Å². The third kappa shape index (κ3) is 2.70. The first-order valence-corrected chi connectivity index (χ1v) is 6.50. The summed E-state index contributed by atoms with van der Waals surface area (Å²) in [5, 5.41) is 21.2. The summed E-state index contributed by atoms with van der Waals surface area (Å²) < 4.78 is 0. The molecule has 0 aliphatic heterocycles. The highest BCUT2D eigenvalue weighted by Crippen LogP contribution is 2.35. The molecule has 0 spiro atoms. The normalized spacial score (nSPS) is 25.0. The molecule has 98 valence electrons. The van der Waals surface area contributed by atoms with E-state index in [0.29, 0.717) is 17.9 Å². The minimum atomic E-state index is -0.469. The lowest BCUT2D eigenvalue weighted by Gasteiger charge is -2.22. The first-order chi connectivity index (χ1) is 8.59. The molecule has 0 bridgehead atoms. The van der Waals surface area contributed by atoms with Crippen molar-refractivity contribution in [3.63, 3.8) is 0 Å². The van der Waals surface area contributed by atoms with Gasteiger partial charge in [-0.05, 0) is 18.3 Å². The van der Waals surface area contributed by atoms with Gasteiger partial charge in [0.15, 0.2) is 0 Å². The molecule has 0 saturated heterocycles. The number of nitro benzene ring substituents is 1. The molecule has 1 N–H and O–H groups in total. The molecule has 1 fully saturated rings. The molecule has 1 saturated carbocycles. The third-order valence-corrected chi connectivity index (χ3v) is 4.04. The van der Waals surface area contributed by atoms with Crippen LogP contribution in [0.4, 0.5) is 5.69 Å². The van der Waals surface area contributed by atoms with Crippen LogP contribution in [0.15, 0.2) is 24.3 Å². The summed E-state index contributed by atoms with van der Waals surface area (Å²) in [5.41, 5.74) is 0.747. The Kier molecular flexibility index (Phi) is 3.97. The van der Waals surface area contributed by atoms with Crippen molar-refractivity contribution < 1.29 is 10.0 Å². The van der Waals surface area contributed by atoms with Crippen LogP contribution in [0, 0.1) is 22.0 Å². The van der Waals surface area contributed by atoms with Crippen LogP contribution in [0.1, 0.15) is 31.7 Å². The fourth-order valence-corrected chi connectivity index (χ4v) is 2.98. The minimum Gasteiger partial charge on any atom is -0.392 e. The highest BCUT2D eigenvalue weighted by Gasteiger charge is 2.30. The summed E-state index contributed by atoms with van der Waals surface area (Å²) in [4.78, 5) is 10.5. The van der Waals surface area contributed by atoms with Gasteiger partial charge in [-0.1, -0.05) is 38.0 Å². The molecular weight excluding hydrogens is 230 g/mol. The molecule has 0 radical (unpaired) electrons. The monoisotopic (exact) mass is 249 g/mol. The average molecular weight is 249 g/mol. The van der Waals surface area contributed by atoms with Crippen LogP contribution in [0.25, 0.3) is 0 Å². The molecule has 1 aromatic carbocycles. The Hall–Kier alpha value is -1.42. The summed E-state index contributed by atoms with van der Waals surface area (Å²) in [7, 11) is 0. The summed E-state index contributed by atoms with van der Waals surface area (Å²) in [6, 6.07) is 6.68. The maximum absolute atomic E-state index is 10.9. The number of nitro groups is 1. The van der Waals surface area contributed by atoms with Crippen molar-refractivity contribution in [2.75, 3.05) is 0 Å². The smallest absolute Gasteiger partial charge is 0.272 e. The van der Waals surface area contributed by atoms with Crippen molar-refractivity contribution in [1.82, 2.24) is 0 Å². The first kappa shape index (κ1) is 13.0. The Bertz CT molecular complexity index is 433. The van der Waals surface area contributed by atoms with Crippen LogP contribution in [0.3, 0.4) is 0 Å². The molecular formula is C14H19NO3. The number of benzene rings is 1. The fraction of sp³-hybridized carbons (Fsp3) is 0.571. The maximum Gasteiger partial charge on any atom is 0.272 e. The van der Waals surface area contributed by atoms with Gasteiger partial charge in [0, 0.05) is 18.1 Å². The zero-order valence-corrected chi connectivity index (χ0v) is 10.6. The second-order valence-electron chi connectivity index (χ2n) is 5.23. The first-order valence-electron chi connectivity index (χ1n) is 6.50. The van der Waals surface area contributed by atoms with Crippen LogP contribution < -0.4 is 0 Å². The molecule has 1 aliphatic carbocycles. The zero-order valence-electron chi connectivity index (χ0n) is 10.6. The number of hydrogen-bond acceptors (Lipinski definition) is 3. The largest absolute Gasteiger partial charge is 0.392 e. The molecule has 4 nitrogen and oxygen atoms in total. The van der Waals surface area contributed by atoms with Crippen LogP contribution >= 0.6 is 0 Å². The van der Waals surface area contributed by atoms with Gasteiger partial charge in [-0.15, -0.1) is 0 Å². The number of hydrogen-bond donors (Lipinski definition) is 1. The Balaban J connectivity index is 2.11. The molecule has 0 aromatic heterocycles. The lowest BCUT2D eigenvalue weighted by atomic mass is 9.88. The van der Waals surface area contributed by atoms with Crippen molar-refractivity contribution in [3.05, 3.63) is 39.9 Å². The minimum absolute atomic E-state index is 0.113. The highest BCUT2D eigenvalue weighted by molar-refractivity contribution is 5.40. The van der Waals surface area contributed by atoms with Crippen molar-refractivity contribution in [1.29, 1.82) is 0 Å². The second kappa shape index (κ2) is 5.48. The van der Waals surface area contributed by atoms with Crippen LogP contribution in [0.5, 0.6) is 0 Å². The van der Waals surface area contributed by atoms with E-state index in [4.69, 9.17) is 0 Å². The molecule has 0 amide bonds. The standard InChI is InChI=1S/C14H19NO3/c1-10-5-4-7-12(10)14(16)9-11-6-2-3-8-13(11)15(17)18/h2-3,6,8,10,12,14,16H,4-5,7,9H2,1H3. The summed E-state index contributed by atoms with van der Waals surface area (Å²) in [5.74, 6) is 0.799. The zero-order chi connectivity index (χ0) is 13.1. The van der Waals surface area contributed by atoms with Gasteiger partial charge in [-0.25, -0.2) is 0 Å². The van der Waals surface area contributed by atoms with Gasteiger partial charge < -0.3 is 5.11 Å². The quantitative estimate of drug-likeness (QED) is 0.659. The van der Waals surface area contributed by atoms with Gasteiger partial charge in [-0.3, -0.25) is 10.1 Å². The molecule has 18 heavy (non-hydrogen) atoms. The van der Waals surface area contributed by atoms with Gasteiger partial charge in [0.25, 0.3) is 5.69 Å². The molecule has 1 aliphatic rings. The molecule has 4 heteroatoms. The Morgan fingerprint density at radius 1 is 1.44 bits per heavy atom. The molecule has 3 unspecified atom stereocenters. The van der Waals surface area contributed by atoms with Gasteiger partial charge >= 0.3 is 0 Å². The summed E-state index contributed by atoms with van der Waals surface area (Å²) >= 11 is 0. The van der Waals surface area contributed by atoms with Crippen molar-refractivity contribution >= 4 is 5.69 Å². The van der Waals surface area contributed by atoms with E-state index < -0.39 is 6.10 Å². The van der Waals surface area contributed by atoms with E-state index in [9.17, 15) is 15.2 Å². The molecule has 2 rings (SSSR count). The van der Waals surface area contributed by atoms with Crippen LogP contribution in [-0.4, -0.2) is 16.1 Å². The Labute approximate surface area is 107 Å². The Morgan fingerprint density at radius 3 is 2.78 bits per heavy atom. The lowest BCUT2D eigenvalue weighted by molar-refractivity contribution is -0.385. The third-order valence-electron chi connectivity index (χ3n) is 4.04. The summed E-state index contributed by atoms with van der Waals surface area (Å²) in [6.45, 7) is 2.15. The average Bonchev–Trinajstić information content (AvgIpc) is 2.76. The Morgan fingerprint density at radius 2 is 2.17 bits per heavy atom.